The van der Waals surface area contributed by atoms with Crippen LogP contribution in [0, 0.1) is 10.1 Å². The van der Waals surface area contributed by atoms with Crippen molar-refractivity contribution >= 4 is 39.3 Å². The molecule has 0 bridgehead atoms. The zero-order valence-electron chi connectivity index (χ0n) is 15.3. The summed E-state index contributed by atoms with van der Waals surface area (Å²) in [5, 5.41) is 12.2. The van der Waals surface area contributed by atoms with Gasteiger partial charge in [-0.3, -0.25) is 14.9 Å². The lowest BCUT2D eigenvalue weighted by Crippen LogP contribution is -2.50. The van der Waals surface area contributed by atoms with Crippen LogP contribution in [0.2, 0.25) is 5.02 Å². The Morgan fingerprint density at radius 2 is 1.72 bits per heavy atom. The Balaban J connectivity index is 1.67. The zero-order chi connectivity index (χ0) is 21.0. The molecule has 0 spiro atoms. The van der Waals surface area contributed by atoms with Gasteiger partial charge in [0.1, 0.15) is 0 Å². The highest BCUT2D eigenvalue weighted by Crippen LogP contribution is 2.24. The summed E-state index contributed by atoms with van der Waals surface area (Å²) in [6, 6.07) is 12.7. The summed E-state index contributed by atoms with van der Waals surface area (Å²) < 4.78 is 26.3. The highest BCUT2D eigenvalue weighted by molar-refractivity contribution is 7.92. The third-order valence-corrected chi connectivity index (χ3v) is 6.40. The van der Waals surface area contributed by atoms with Gasteiger partial charge in [-0.25, -0.2) is 8.42 Å². The van der Waals surface area contributed by atoms with Crippen LogP contribution in [-0.4, -0.2) is 54.6 Å². The number of hydrogen-bond donors (Lipinski definition) is 0. The summed E-state index contributed by atoms with van der Waals surface area (Å²) in [5.74, 6) is -0.462. The van der Waals surface area contributed by atoms with Crippen molar-refractivity contribution in [2.75, 3.05) is 26.2 Å². The van der Waals surface area contributed by atoms with E-state index >= 15 is 0 Å². The number of carbonyl (C=O) groups excluding carboxylic acids is 1. The summed E-state index contributed by atoms with van der Waals surface area (Å²) >= 11 is 6.03. The van der Waals surface area contributed by atoms with Crippen LogP contribution in [0.25, 0.3) is 6.08 Å². The Morgan fingerprint density at radius 1 is 1.07 bits per heavy atom. The average molecular weight is 436 g/mol. The number of benzene rings is 2. The normalized spacial score (nSPS) is 15.6. The Kier molecular flexibility index (Phi) is 6.31. The number of piperazine rings is 1. The lowest BCUT2D eigenvalue weighted by molar-refractivity contribution is -0.384. The predicted molar refractivity (Wildman–Crippen MR) is 110 cm³/mol. The van der Waals surface area contributed by atoms with Crippen LogP contribution >= 0.6 is 11.6 Å². The highest BCUT2D eigenvalue weighted by atomic mass is 35.5. The molecule has 1 aliphatic heterocycles. The molecule has 1 fully saturated rings. The Morgan fingerprint density at radius 3 is 2.34 bits per heavy atom. The number of amides is 1. The maximum absolute atomic E-state index is 12.7. The molecule has 2 aromatic rings. The number of hydrogen-bond acceptors (Lipinski definition) is 5. The van der Waals surface area contributed by atoms with Gasteiger partial charge in [0, 0.05) is 43.7 Å². The molecule has 1 aliphatic rings. The van der Waals surface area contributed by atoms with E-state index in [0.29, 0.717) is 0 Å². The van der Waals surface area contributed by atoms with Crippen molar-refractivity contribution in [1.82, 2.24) is 9.21 Å². The van der Waals surface area contributed by atoms with Crippen molar-refractivity contribution < 1.29 is 18.1 Å². The molecule has 0 N–H and O–H groups in total. The second-order valence-corrected chi connectivity index (χ2v) is 8.60. The van der Waals surface area contributed by atoms with Crippen molar-refractivity contribution in [1.29, 1.82) is 0 Å². The molecule has 0 saturated carbocycles. The number of nitro benzene ring substituents is 1. The highest BCUT2D eigenvalue weighted by Gasteiger charge is 2.29. The van der Waals surface area contributed by atoms with Crippen LogP contribution in [0.4, 0.5) is 5.69 Å². The van der Waals surface area contributed by atoms with Gasteiger partial charge in [-0.1, -0.05) is 41.9 Å². The standard InChI is InChI=1S/C19H18ClN3O5S/c20-18-7-6-16(23(25)26)14-17(18)19(24)21-9-11-22(12-10-21)29(27,28)13-8-15-4-2-1-3-5-15/h1-8,13-14H,9-12H2. The van der Waals surface area contributed by atoms with Gasteiger partial charge in [0.2, 0.25) is 10.0 Å². The van der Waals surface area contributed by atoms with E-state index in [0.717, 1.165) is 17.0 Å². The Labute approximate surface area is 173 Å². The molecule has 2 aromatic carbocycles. The second kappa shape index (κ2) is 8.73. The van der Waals surface area contributed by atoms with E-state index in [1.807, 2.05) is 18.2 Å². The van der Waals surface area contributed by atoms with Gasteiger partial charge in [0.25, 0.3) is 11.6 Å². The molecule has 0 atom stereocenters. The number of rotatable bonds is 5. The van der Waals surface area contributed by atoms with Crippen LogP contribution in [0.5, 0.6) is 0 Å². The fourth-order valence-electron chi connectivity index (χ4n) is 2.92. The Hall–Kier alpha value is -2.75. The number of nitro groups is 1. The second-order valence-electron chi connectivity index (χ2n) is 6.37. The smallest absolute Gasteiger partial charge is 0.270 e. The lowest BCUT2D eigenvalue weighted by Gasteiger charge is -2.33. The minimum Gasteiger partial charge on any atom is -0.336 e. The van der Waals surface area contributed by atoms with Gasteiger partial charge < -0.3 is 4.90 Å². The molecule has 0 aliphatic carbocycles. The van der Waals surface area contributed by atoms with E-state index in [-0.39, 0.29) is 42.5 Å². The number of nitrogens with zero attached hydrogens (tertiary/aromatic N) is 3. The molecule has 29 heavy (non-hydrogen) atoms. The summed E-state index contributed by atoms with van der Waals surface area (Å²) in [5.41, 5.74) is 0.566. The van der Waals surface area contributed by atoms with Gasteiger partial charge in [0.05, 0.1) is 15.5 Å². The summed E-state index contributed by atoms with van der Waals surface area (Å²) in [6.45, 7) is 0.575. The predicted octanol–water partition coefficient (Wildman–Crippen LogP) is 3.01. The van der Waals surface area contributed by atoms with Gasteiger partial charge in [0.15, 0.2) is 0 Å². The topological polar surface area (TPSA) is 101 Å². The monoisotopic (exact) mass is 435 g/mol. The number of non-ortho nitro benzene ring substituents is 1. The summed E-state index contributed by atoms with van der Waals surface area (Å²) in [6.07, 6.45) is 1.52. The number of halogens is 1. The van der Waals surface area contributed by atoms with Gasteiger partial charge in [-0.05, 0) is 17.7 Å². The molecule has 1 saturated heterocycles. The molecular weight excluding hydrogens is 418 g/mol. The van der Waals surface area contributed by atoms with Crippen molar-refractivity contribution in [2.45, 2.75) is 0 Å². The number of sulfonamides is 1. The first kappa shape index (κ1) is 21.0. The zero-order valence-corrected chi connectivity index (χ0v) is 16.8. The van der Waals surface area contributed by atoms with Gasteiger partial charge in [-0.15, -0.1) is 0 Å². The largest absolute Gasteiger partial charge is 0.336 e. The van der Waals surface area contributed by atoms with Crippen molar-refractivity contribution in [3.05, 3.63) is 80.2 Å². The van der Waals surface area contributed by atoms with Crippen molar-refractivity contribution in [2.24, 2.45) is 0 Å². The molecule has 10 heteroatoms. The van der Waals surface area contributed by atoms with Gasteiger partial charge in [-0.2, -0.15) is 4.31 Å². The van der Waals surface area contributed by atoms with Crippen LogP contribution in [-0.2, 0) is 10.0 Å². The maximum atomic E-state index is 12.7. The molecule has 0 radical (unpaired) electrons. The SMILES string of the molecule is O=C(c1cc([N+](=O)[O-])ccc1Cl)N1CCN(S(=O)(=O)C=Cc2ccccc2)CC1. The van der Waals surface area contributed by atoms with E-state index in [9.17, 15) is 23.3 Å². The molecule has 1 amide bonds. The Bertz CT molecular complexity index is 1050. The first-order valence-electron chi connectivity index (χ1n) is 8.74. The maximum Gasteiger partial charge on any atom is 0.270 e. The first-order valence-corrected chi connectivity index (χ1v) is 10.6. The van der Waals surface area contributed by atoms with Crippen LogP contribution in [0.3, 0.4) is 0 Å². The minimum absolute atomic E-state index is 0.0288. The third kappa shape index (κ3) is 5.00. The number of carbonyl (C=O) groups is 1. The van der Waals surface area contributed by atoms with Crippen LogP contribution in [0.15, 0.2) is 53.9 Å². The fourth-order valence-corrected chi connectivity index (χ4v) is 4.29. The van der Waals surface area contributed by atoms with E-state index < -0.39 is 20.9 Å². The molecule has 0 aromatic heterocycles. The third-order valence-electron chi connectivity index (χ3n) is 4.51. The minimum atomic E-state index is -3.62. The van der Waals surface area contributed by atoms with Crippen LogP contribution < -0.4 is 0 Å². The van der Waals surface area contributed by atoms with Crippen molar-refractivity contribution in [3.63, 3.8) is 0 Å². The van der Waals surface area contributed by atoms with E-state index in [1.165, 1.54) is 27.4 Å². The molecule has 0 unspecified atom stereocenters. The van der Waals surface area contributed by atoms with Crippen molar-refractivity contribution in [3.8, 4) is 0 Å². The fraction of sp³-hybridized carbons (Fsp3) is 0.211. The lowest BCUT2D eigenvalue weighted by atomic mass is 10.1. The van der Waals surface area contributed by atoms with Crippen LogP contribution in [0.1, 0.15) is 15.9 Å². The van der Waals surface area contributed by atoms with E-state index in [4.69, 9.17) is 11.6 Å². The average Bonchev–Trinajstić information content (AvgIpc) is 2.73. The molecular formula is C19H18ClN3O5S. The van der Waals surface area contributed by atoms with E-state index in [2.05, 4.69) is 0 Å². The van der Waals surface area contributed by atoms with E-state index in [1.54, 1.807) is 12.1 Å². The molecule has 3 rings (SSSR count). The quantitative estimate of drug-likeness (QED) is 0.530. The summed E-state index contributed by atoms with van der Waals surface area (Å²) in [7, 11) is -3.62. The summed E-state index contributed by atoms with van der Waals surface area (Å²) in [4.78, 5) is 24.5. The molecule has 152 valence electrons. The first-order chi connectivity index (χ1) is 13.8. The molecule has 8 nitrogen and oxygen atoms in total. The van der Waals surface area contributed by atoms with Gasteiger partial charge >= 0.3 is 0 Å². The molecule has 1 heterocycles.